The number of phenolic OH excluding ortho intramolecular Hbond substituents is 1. The summed E-state index contributed by atoms with van der Waals surface area (Å²) >= 11 is 0. The zero-order valence-electron chi connectivity index (χ0n) is 20.0. The van der Waals surface area contributed by atoms with Crippen LogP contribution in [-0.2, 0) is 22.6 Å². The van der Waals surface area contributed by atoms with Gasteiger partial charge in [-0.25, -0.2) is 0 Å². The number of aromatic hydroxyl groups is 1. The van der Waals surface area contributed by atoms with E-state index in [2.05, 4.69) is 4.98 Å². The van der Waals surface area contributed by atoms with Crippen molar-refractivity contribution in [3.8, 4) is 17.2 Å². The predicted octanol–water partition coefficient (Wildman–Crippen LogP) is 4.13. The molecule has 0 bridgehead atoms. The van der Waals surface area contributed by atoms with Crippen molar-refractivity contribution < 1.29 is 29.3 Å². The minimum absolute atomic E-state index is 0.0193. The van der Waals surface area contributed by atoms with Gasteiger partial charge in [0.25, 0.3) is 11.7 Å². The van der Waals surface area contributed by atoms with Crippen LogP contribution in [0.5, 0.6) is 17.2 Å². The highest BCUT2D eigenvalue weighted by Gasteiger charge is 2.46. The van der Waals surface area contributed by atoms with Crippen LogP contribution in [0.4, 0.5) is 0 Å². The van der Waals surface area contributed by atoms with E-state index in [1.807, 2.05) is 6.92 Å². The Morgan fingerprint density at radius 1 is 1.14 bits per heavy atom. The summed E-state index contributed by atoms with van der Waals surface area (Å²) in [6.07, 6.45) is 3.94. The molecular weight excluding hydrogens is 460 g/mol. The molecule has 0 saturated carbocycles. The van der Waals surface area contributed by atoms with Gasteiger partial charge in [0, 0.05) is 30.9 Å². The van der Waals surface area contributed by atoms with Crippen molar-refractivity contribution in [2.75, 3.05) is 6.61 Å². The maximum absolute atomic E-state index is 13.3. The predicted molar refractivity (Wildman–Crippen MR) is 132 cm³/mol. The third-order valence-corrected chi connectivity index (χ3v) is 6.41. The van der Waals surface area contributed by atoms with Crippen LogP contribution >= 0.6 is 0 Å². The number of aliphatic hydroxyl groups excluding tert-OH is 1. The monoisotopic (exact) mass is 486 g/mol. The first kappa shape index (κ1) is 23.4. The van der Waals surface area contributed by atoms with Gasteiger partial charge in [0.2, 0.25) is 0 Å². The zero-order chi connectivity index (χ0) is 25.4. The van der Waals surface area contributed by atoms with Crippen molar-refractivity contribution in [3.63, 3.8) is 0 Å². The molecule has 0 aliphatic carbocycles. The fraction of sp³-hybridized carbons (Fsp3) is 0.250. The molecular formula is C28H26N2O6. The second kappa shape index (κ2) is 9.37. The van der Waals surface area contributed by atoms with Crippen LogP contribution in [-0.4, -0.2) is 44.5 Å². The van der Waals surface area contributed by atoms with E-state index in [0.717, 1.165) is 16.9 Å². The molecule has 2 aromatic carbocycles. The van der Waals surface area contributed by atoms with Crippen LogP contribution in [0.2, 0.25) is 0 Å². The minimum Gasteiger partial charge on any atom is -0.507 e. The van der Waals surface area contributed by atoms with Gasteiger partial charge in [-0.15, -0.1) is 0 Å². The maximum Gasteiger partial charge on any atom is 0.295 e. The van der Waals surface area contributed by atoms with Crippen LogP contribution in [0.25, 0.3) is 5.76 Å². The lowest BCUT2D eigenvalue weighted by atomic mass is 9.94. The first-order valence-electron chi connectivity index (χ1n) is 11.8. The van der Waals surface area contributed by atoms with Crippen LogP contribution in [0.3, 0.4) is 0 Å². The Labute approximate surface area is 208 Å². The van der Waals surface area contributed by atoms with E-state index < -0.39 is 17.7 Å². The summed E-state index contributed by atoms with van der Waals surface area (Å²) in [5.74, 6) is -0.838. The third-order valence-electron chi connectivity index (χ3n) is 6.41. The molecule has 1 saturated heterocycles. The highest BCUT2D eigenvalue weighted by Crippen LogP contribution is 2.43. The standard InChI is InChI=1S/C28H26N2O6/c1-3-35-23-14-18(4-6-21(23)31)25-24(26(32)19-5-7-22-20(13-19)12-16(2)36-22)27(33)28(34)30(25)15-17-8-10-29-11-9-17/h4-11,13-14,16,25,31-32H,3,12,15H2,1-2H3. The number of ketones is 1. The highest BCUT2D eigenvalue weighted by molar-refractivity contribution is 6.46. The molecule has 2 atom stereocenters. The Morgan fingerprint density at radius 3 is 2.67 bits per heavy atom. The molecule has 8 heteroatoms. The number of aromatic nitrogens is 1. The maximum atomic E-state index is 13.3. The Morgan fingerprint density at radius 2 is 1.92 bits per heavy atom. The van der Waals surface area contributed by atoms with Gasteiger partial charge in [0.05, 0.1) is 18.2 Å². The summed E-state index contributed by atoms with van der Waals surface area (Å²) in [6.45, 7) is 4.21. The number of nitrogens with zero attached hydrogens (tertiary/aromatic N) is 2. The number of carbonyl (C=O) groups excluding carboxylic acids is 2. The lowest BCUT2D eigenvalue weighted by molar-refractivity contribution is -0.140. The largest absolute Gasteiger partial charge is 0.507 e. The van der Waals surface area contributed by atoms with Crippen LogP contribution in [0.15, 0.2) is 66.5 Å². The van der Waals surface area contributed by atoms with E-state index in [1.54, 1.807) is 61.8 Å². The molecule has 3 heterocycles. The number of likely N-dealkylation sites (tertiary alicyclic amines) is 1. The lowest BCUT2D eigenvalue weighted by Crippen LogP contribution is -2.29. The summed E-state index contributed by atoms with van der Waals surface area (Å²) in [4.78, 5) is 32.0. The van der Waals surface area contributed by atoms with Crippen LogP contribution in [0, 0.1) is 0 Å². The molecule has 0 spiro atoms. The van der Waals surface area contributed by atoms with Gasteiger partial charge in [-0.05, 0) is 73.0 Å². The van der Waals surface area contributed by atoms with Gasteiger partial charge in [-0.2, -0.15) is 0 Å². The average molecular weight is 487 g/mol. The van der Waals surface area contributed by atoms with Crippen molar-refractivity contribution in [3.05, 3.63) is 88.8 Å². The number of carbonyl (C=O) groups is 2. The molecule has 3 aromatic rings. The molecule has 5 rings (SSSR count). The highest BCUT2D eigenvalue weighted by atomic mass is 16.5. The smallest absolute Gasteiger partial charge is 0.295 e. The summed E-state index contributed by atoms with van der Waals surface area (Å²) in [6, 6.07) is 12.6. The molecule has 0 radical (unpaired) electrons. The van der Waals surface area contributed by atoms with Crippen LogP contribution < -0.4 is 9.47 Å². The van der Waals surface area contributed by atoms with Gasteiger partial charge < -0.3 is 24.6 Å². The first-order valence-corrected chi connectivity index (χ1v) is 11.8. The normalized spacial score (nSPS) is 20.3. The molecule has 36 heavy (non-hydrogen) atoms. The topological polar surface area (TPSA) is 109 Å². The quantitative estimate of drug-likeness (QED) is 0.306. The molecule has 1 fully saturated rings. The number of aliphatic hydroxyl groups is 1. The SMILES string of the molecule is CCOc1cc(C2C(=C(O)c3ccc4c(c3)CC(C)O4)C(=O)C(=O)N2Cc2ccncc2)ccc1O. The number of phenols is 1. The third kappa shape index (κ3) is 4.15. The number of fused-ring (bicyclic) bond motifs is 1. The fourth-order valence-electron chi connectivity index (χ4n) is 4.77. The summed E-state index contributed by atoms with van der Waals surface area (Å²) in [5, 5.41) is 21.6. The number of ether oxygens (including phenoxy) is 2. The van der Waals surface area contributed by atoms with Gasteiger partial charge in [0.1, 0.15) is 17.6 Å². The number of rotatable bonds is 6. The Hall–Kier alpha value is -4.33. The molecule has 1 aromatic heterocycles. The van der Waals surface area contributed by atoms with Gasteiger partial charge in [-0.1, -0.05) is 6.07 Å². The number of pyridine rings is 1. The number of amides is 1. The van der Waals surface area contributed by atoms with E-state index in [0.29, 0.717) is 24.2 Å². The Kier molecular flexibility index (Phi) is 6.10. The van der Waals surface area contributed by atoms with Crippen molar-refractivity contribution in [2.24, 2.45) is 0 Å². The van der Waals surface area contributed by atoms with E-state index in [4.69, 9.17) is 9.47 Å². The summed E-state index contributed by atoms with van der Waals surface area (Å²) in [5.41, 5.74) is 2.65. The molecule has 2 N–H and O–H groups in total. The number of hydrogen-bond acceptors (Lipinski definition) is 7. The molecule has 1 amide bonds. The average Bonchev–Trinajstić information content (AvgIpc) is 3.37. The number of benzene rings is 2. The molecule has 2 aliphatic rings. The van der Waals surface area contributed by atoms with Gasteiger partial charge >= 0.3 is 0 Å². The molecule has 184 valence electrons. The molecule has 2 aliphatic heterocycles. The van der Waals surface area contributed by atoms with E-state index >= 15 is 0 Å². The second-order valence-electron chi connectivity index (χ2n) is 8.90. The van der Waals surface area contributed by atoms with Crippen molar-refractivity contribution >= 4 is 17.4 Å². The van der Waals surface area contributed by atoms with Crippen molar-refractivity contribution in [1.29, 1.82) is 0 Å². The zero-order valence-corrected chi connectivity index (χ0v) is 20.0. The minimum atomic E-state index is -0.888. The Balaban J connectivity index is 1.65. The fourth-order valence-corrected chi connectivity index (χ4v) is 4.77. The molecule has 2 unspecified atom stereocenters. The summed E-state index contributed by atoms with van der Waals surface area (Å²) < 4.78 is 11.3. The number of hydrogen-bond donors (Lipinski definition) is 2. The van der Waals surface area contributed by atoms with Crippen molar-refractivity contribution in [1.82, 2.24) is 9.88 Å². The summed E-state index contributed by atoms with van der Waals surface area (Å²) in [7, 11) is 0. The van der Waals surface area contributed by atoms with Crippen LogP contribution in [0.1, 0.15) is 42.1 Å². The van der Waals surface area contributed by atoms with Gasteiger partial charge in [0.15, 0.2) is 11.5 Å². The number of Topliss-reactive ketones (excluding diaryl/α,β-unsaturated/α-hetero) is 1. The first-order chi connectivity index (χ1) is 17.4. The Bertz CT molecular complexity index is 1370. The van der Waals surface area contributed by atoms with Crippen molar-refractivity contribution in [2.45, 2.75) is 39.0 Å². The molecule has 8 nitrogen and oxygen atoms in total. The van der Waals surface area contributed by atoms with Gasteiger partial charge in [-0.3, -0.25) is 14.6 Å². The lowest BCUT2D eigenvalue weighted by Gasteiger charge is -2.26. The van der Waals surface area contributed by atoms with E-state index in [1.165, 1.54) is 11.0 Å². The second-order valence-corrected chi connectivity index (χ2v) is 8.90. The van der Waals surface area contributed by atoms with E-state index in [9.17, 15) is 19.8 Å². The van der Waals surface area contributed by atoms with E-state index in [-0.39, 0.29) is 35.5 Å².